The van der Waals surface area contributed by atoms with Crippen LogP contribution in [0.1, 0.15) is 48.6 Å². The number of anilines is 3. The van der Waals surface area contributed by atoms with Crippen LogP contribution < -0.4 is 4.90 Å². The van der Waals surface area contributed by atoms with E-state index in [1.54, 1.807) is 0 Å². The molecule has 0 fully saturated rings. The lowest BCUT2D eigenvalue weighted by Gasteiger charge is -2.32. The molecule has 0 N–H and O–H groups in total. The maximum Gasteiger partial charge on any atom is 0.143 e. The minimum absolute atomic E-state index is 0.159. The summed E-state index contributed by atoms with van der Waals surface area (Å²) in [7, 11) is 0. The molecular weight excluding hydrogens is 739 g/mol. The lowest BCUT2D eigenvalue weighted by Crippen LogP contribution is -2.23. The van der Waals surface area contributed by atoms with Crippen molar-refractivity contribution in [3.63, 3.8) is 0 Å². The van der Waals surface area contributed by atoms with Crippen molar-refractivity contribution < 1.29 is 4.42 Å². The molecule has 0 radical (unpaired) electrons. The highest BCUT2D eigenvalue weighted by Gasteiger charge is 2.41. The van der Waals surface area contributed by atoms with Crippen molar-refractivity contribution in [2.75, 3.05) is 4.90 Å². The monoisotopic (exact) mass is 781 g/mol. The Balaban J connectivity index is 1.13. The van der Waals surface area contributed by atoms with E-state index in [0.717, 1.165) is 61.3 Å². The molecular formula is C59H43NO. The molecule has 290 valence electrons. The number of furan rings is 1. The second-order valence-electron chi connectivity index (χ2n) is 17.3. The summed E-state index contributed by atoms with van der Waals surface area (Å²) in [5, 5.41) is 2.23. The first-order valence-electron chi connectivity index (χ1n) is 21.3. The van der Waals surface area contributed by atoms with Gasteiger partial charge in [0.15, 0.2) is 0 Å². The molecule has 0 saturated carbocycles. The fraction of sp³-hybridized carbons (Fsp3) is 0.0847. The number of rotatable bonds is 6. The maximum atomic E-state index is 6.81. The summed E-state index contributed by atoms with van der Waals surface area (Å²) in [6, 6.07) is 75.7. The van der Waals surface area contributed by atoms with Crippen LogP contribution in [-0.2, 0) is 10.8 Å². The molecule has 1 aromatic heterocycles. The summed E-state index contributed by atoms with van der Waals surface area (Å²) < 4.78 is 6.81. The highest BCUT2D eigenvalue weighted by molar-refractivity contribution is 6.17. The minimum Gasteiger partial charge on any atom is -0.455 e. The third kappa shape index (κ3) is 5.15. The second kappa shape index (κ2) is 13.3. The zero-order valence-electron chi connectivity index (χ0n) is 34.5. The van der Waals surface area contributed by atoms with E-state index in [-0.39, 0.29) is 10.8 Å². The molecule has 12 rings (SSSR count). The van der Waals surface area contributed by atoms with Gasteiger partial charge in [0.1, 0.15) is 11.2 Å². The number of fused-ring (bicyclic) bond motifs is 9. The van der Waals surface area contributed by atoms with E-state index in [9.17, 15) is 0 Å². The SMILES string of the molecule is CC1(C)c2ccccc2-c2ccc(N(c3ccc4c(c3)C(C)(c3ccccc3)c3ccccc3-4)c3ccccc3-c3ccc(-c4ccccc4)c4oc5ccccc5c34)cc21. The first-order chi connectivity index (χ1) is 29.9. The molecule has 2 aliphatic rings. The molecule has 0 amide bonds. The number of nitrogens with zero attached hydrogens (tertiary/aromatic N) is 1. The van der Waals surface area contributed by atoms with Crippen molar-refractivity contribution in [2.24, 2.45) is 0 Å². The summed E-state index contributed by atoms with van der Waals surface area (Å²) in [4.78, 5) is 2.50. The number of para-hydroxylation sites is 2. The van der Waals surface area contributed by atoms with E-state index in [1.807, 2.05) is 0 Å². The molecule has 1 atom stereocenters. The van der Waals surface area contributed by atoms with Crippen molar-refractivity contribution in [1.29, 1.82) is 0 Å². The molecule has 2 aliphatic carbocycles. The van der Waals surface area contributed by atoms with Gasteiger partial charge in [-0.1, -0.05) is 178 Å². The third-order valence-electron chi connectivity index (χ3n) is 13.8. The van der Waals surface area contributed by atoms with Gasteiger partial charge < -0.3 is 9.32 Å². The maximum absolute atomic E-state index is 6.81. The normalized spacial score (nSPS) is 15.7. The van der Waals surface area contributed by atoms with Crippen LogP contribution in [0.2, 0.25) is 0 Å². The minimum atomic E-state index is -0.342. The predicted molar refractivity (Wildman–Crippen MR) is 254 cm³/mol. The standard InChI is InChI=1S/C59H43NO/c1-58(2)50-26-14-10-22-43(50)45-32-30-40(36-52(45)58)60(41-31-33-46-44-23-11-15-27-51(44)59(3,53(46)37-41)39-20-8-5-9-21-39)54-28-16-12-24-47(54)48-35-34-42(38-18-6-4-7-19-38)57-56(48)49-25-13-17-29-55(49)61-57/h4-37H,1-3H3. The molecule has 9 aromatic carbocycles. The van der Waals surface area contributed by atoms with Gasteiger partial charge in [-0.25, -0.2) is 0 Å². The van der Waals surface area contributed by atoms with E-state index in [2.05, 4.69) is 232 Å². The summed E-state index contributed by atoms with van der Waals surface area (Å²) in [6.45, 7) is 7.14. The Labute approximate surface area is 357 Å². The van der Waals surface area contributed by atoms with Crippen LogP contribution in [0.4, 0.5) is 17.1 Å². The molecule has 61 heavy (non-hydrogen) atoms. The van der Waals surface area contributed by atoms with E-state index >= 15 is 0 Å². The lowest BCUT2D eigenvalue weighted by molar-refractivity contribution is 0.660. The van der Waals surface area contributed by atoms with Crippen LogP contribution in [0.25, 0.3) is 66.4 Å². The zero-order valence-corrected chi connectivity index (χ0v) is 34.5. The Bertz CT molecular complexity index is 3360. The first-order valence-corrected chi connectivity index (χ1v) is 21.3. The average molecular weight is 782 g/mol. The fourth-order valence-corrected chi connectivity index (χ4v) is 10.8. The molecule has 0 spiro atoms. The highest BCUT2D eigenvalue weighted by Crippen LogP contribution is 2.56. The fourth-order valence-electron chi connectivity index (χ4n) is 10.8. The third-order valence-corrected chi connectivity index (χ3v) is 13.8. The molecule has 0 bridgehead atoms. The zero-order chi connectivity index (χ0) is 40.9. The Hall–Kier alpha value is -7.42. The molecule has 10 aromatic rings. The van der Waals surface area contributed by atoms with E-state index < -0.39 is 0 Å². The van der Waals surface area contributed by atoms with Crippen LogP contribution in [-0.4, -0.2) is 0 Å². The van der Waals surface area contributed by atoms with Gasteiger partial charge in [0.2, 0.25) is 0 Å². The Kier molecular flexibility index (Phi) is 7.74. The van der Waals surface area contributed by atoms with Crippen molar-refractivity contribution in [2.45, 2.75) is 31.6 Å². The summed E-state index contributed by atoms with van der Waals surface area (Å²) in [5.41, 5.74) is 21.0. The molecule has 1 unspecified atom stereocenters. The summed E-state index contributed by atoms with van der Waals surface area (Å²) in [5.74, 6) is 0. The van der Waals surface area contributed by atoms with E-state index in [0.29, 0.717) is 0 Å². The van der Waals surface area contributed by atoms with Gasteiger partial charge >= 0.3 is 0 Å². The highest BCUT2D eigenvalue weighted by atomic mass is 16.3. The van der Waals surface area contributed by atoms with Crippen LogP contribution in [0.5, 0.6) is 0 Å². The van der Waals surface area contributed by atoms with Gasteiger partial charge in [0.05, 0.1) is 5.69 Å². The topological polar surface area (TPSA) is 16.4 Å². The van der Waals surface area contributed by atoms with Gasteiger partial charge in [0.25, 0.3) is 0 Å². The van der Waals surface area contributed by atoms with E-state index in [1.165, 1.54) is 50.1 Å². The van der Waals surface area contributed by atoms with Crippen molar-refractivity contribution in [1.82, 2.24) is 0 Å². The Morgan fingerprint density at radius 1 is 0.393 bits per heavy atom. The quantitative estimate of drug-likeness (QED) is 0.167. The Morgan fingerprint density at radius 2 is 0.918 bits per heavy atom. The first kappa shape index (κ1) is 35.5. The molecule has 1 heterocycles. The number of hydrogen-bond acceptors (Lipinski definition) is 2. The van der Waals surface area contributed by atoms with Gasteiger partial charge in [0, 0.05) is 44.1 Å². The van der Waals surface area contributed by atoms with Crippen molar-refractivity contribution >= 4 is 39.0 Å². The average Bonchev–Trinajstić information content (AvgIpc) is 3.91. The summed E-state index contributed by atoms with van der Waals surface area (Å²) in [6.07, 6.45) is 0. The van der Waals surface area contributed by atoms with Gasteiger partial charge in [-0.05, 0) is 111 Å². The van der Waals surface area contributed by atoms with Gasteiger partial charge in [-0.3, -0.25) is 0 Å². The Morgan fingerprint density at radius 3 is 1.67 bits per heavy atom. The molecule has 0 aliphatic heterocycles. The smallest absolute Gasteiger partial charge is 0.143 e. The molecule has 2 heteroatoms. The van der Waals surface area contributed by atoms with Gasteiger partial charge in [-0.2, -0.15) is 0 Å². The summed E-state index contributed by atoms with van der Waals surface area (Å²) >= 11 is 0. The van der Waals surface area contributed by atoms with Crippen LogP contribution in [0, 0.1) is 0 Å². The van der Waals surface area contributed by atoms with Crippen molar-refractivity contribution in [3.05, 3.63) is 234 Å². The number of hydrogen-bond donors (Lipinski definition) is 0. The van der Waals surface area contributed by atoms with Crippen LogP contribution in [0.15, 0.2) is 211 Å². The number of benzene rings is 9. The van der Waals surface area contributed by atoms with Crippen molar-refractivity contribution in [3.8, 4) is 44.5 Å². The van der Waals surface area contributed by atoms with Crippen LogP contribution in [0.3, 0.4) is 0 Å². The van der Waals surface area contributed by atoms with Gasteiger partial charge in [-0.15, -0.1) is 0 Å². The largest absolute Gasteiger partial charge is 0.455 e. The lowest BCUT2D eigenvalue weighted by atomic mass is 9.74. The predicted octanol–water partition coefficient (Wildman–Crippen LogP) is 16.0. The van der Waals surface area contributed by atoms with Crippen LogP contribution >= 0.6 is 0 Å². The van der Waals surface area contributed by atoms with E-state index in [4.69, 9.17) is 4.42 Å². The molecule has 0 saturated heterocycles. The molecule has 2 nitrogen and oxygen atoms in total. The second-order valence-corrected chi connectivity index (χ2v) is 17.3.